The van der Waals surface area contributed by atoms with Crippen LogP contribution < -0.4 is 15.5 Å². The molecule has 5 rings (SSSR count). The number of hydrogen-bond acceptors (Lipinski definition) is 7. The largest absolute Gasteiger partial charge is 0.378 e. The average Bonchev–Trinajstić information content (AvgIpc) is 2.80. The fraction of sp³-hybridized carbons (Fsp3) is 0.409. The number of halogens is 1. The number of morpholine rings is 1. The zero-order valence-corrected chi connectivity index (χ0v) is 16.8. The van der Waals surface area contributed by atoms with Gasteiger partial charge in [0.2, 0.25) is 0 Å². The lowest BCUT2D eigenvalue weighted by Gasteiger charge is -2.29. The number of fused-ring (bicyclic) bond motifs is 1. The van der Waals surface area contributed by atoms with Gasteiger partial charge in [-0.25, -0.2) is 14.4 Å². The highest BCUT2D eigenvalue weighted by Crippen LogP contribution is 2.30. The van der Waals surface area contributed by atoms with Crippen LogP contribution in [0.1, 0.15) is 12.8 Å². The number of hydrogen-bond donors (Lipinski definition) is 2. The molecule has 1 aromatic carbocycles. The lowest BCUT2D eigenvalue weighted by Crippen LogP contribution is -2.38. The Morgan fingerprint density at radius 1 is 1.13 bits per heavy atom. The minimum atomic E-state index is -0.249. The van der Waals surface area contributed by atoms with Gasteiger partial charge < -0.3 is 20.3 Å². The maximum atomic E-state index is 14.9. The van der Waals surface area contributed by atoms with Crippen molar-refractivity contribution in [2.24, 2.45) is 0 Å². The van der Waals surface area contributed by atoms with Crippen LogP contribution in [0.4, 0.5) is 15.9 Å². The summed E-state index contributed by atoms with van der Waals surface area (Å²) in [6, 6.07) is 7.46. The molecule has 2 fully saturated rings. The summed E-state index contributed by atoms with van der Waals surface area (Å²) in [4.78, 5) is 15.8. The van der Waals surface area contributed by atoms with Gasteiger partial charge in [-0.1, -0.05) is 6.07 Å². The Balaban J connectivity index is 1.49. The summed E-state index contributed by atoms with van der Waals surface area (Å²) in [5.41, 5.74) is 3.49. The van der Waals surface area contributed by atoms with Crippen LogP contribution in [0.5, 0.6) is 0 Å². The molecular formula is C22H25FN6O. The molecule has 2 aromatic heterocycles. The molecule has 0 radical (unpaired) electrons. The van der Waals surface area contributed by atoms with E-state index in [4.69, 9.17) is 9.72 Å². The molecule has 7 nitrogen and oxygen atoms in total. The van der Waals surface area contributed by atoms with Gasteiger partial charge >= 0.3 is 0 Å². The third-order valence-corrected chi connectivity index (χ3v) is 5.69. The Labute approximate surface area is 174 Å². The van der Waals surface area contributed by atoms with Crippen LogP contribution in [-0.4, -0.2) is 60.4 Å². The second-order valence-electron chi connectivity index (χ2n) is 7.73. The van der Waals surface area contributed by atoms with E-state index in [-0.39, 0.29) is 11.9 Å². The number of pyridine rings is 1. The highest BCUT2D eigenvalue weighted by molar-refractivity contribution is 5.88. The second-order valence-corrected chi connectivity index (χ2v) is 7.73. The summed E-state index contributed by atoms with van der Waals surface area (Å²) < 4.78 is 20.3. The molecule has 1 atom stereocenters. The van der Waals surface area contributed by atoms with Crippen molar-refractivity contribution in [2.75, 3.05) is 49.6 Å². The Kier molecular flexibility index (Phi) is 5.42. The van der Waals surface area contributed by atoms with Gasteiger partial charge in [-0.3, -0.25) is 4.98 Å². The van der Waals surface area contributed by atoms with E-state index in [2.05, 4.69) is 20.6 Å². The number of anilines is 2. The number of nitrogens with one attached hydrogen (secondary N) is 2. The minimum absolute atomic E-state index is 0.249. The number of rotatable bonds is 4. The summed E-state index contributed by atoms with van der Waals surface area (Å²) >= 11 is 0. The van der Waals surface area contributed by atoms with E-state index < -0.39 is 0 Å². The van der Waals surface area contributed by atoms with Crippen LogP contribution in [0.2, 0.25) is 0 Å². The fourth-order valence-electron chi connectivity index (χ4n) is 4.12. The minimum Gasteiger partial charge on any atom is -0.378 e. The molecule has 0 spiro atoms. The normalized spacial score (nSPS) is 19.8. The van der Waals surface area contributed by atoms with Crippen molar-refractivity contribution in [3.05, 3.63) is 42.5 Å². The first-order chi connectivity index (χ1) is 14.8. The molecule has 0 unspecified atom stereocenters. The van der Waals surface area contributed by atoms with Crippen molar-refractivity contribution >= 4 is 22.5 Å². The maximum Gasteiger partial charge on any atom is 0.155 e. The zero-order valence-electron chi connectivity index (χ0n) is 16.8. The molecule has 2 N–H and O–H groups in total. The first-order valence-electron chi connectivity index (χ1n) is 10.5. The van der Waals surface area contributed by atoms with Crippen molar-refractivity contribution in [3.8, 4) is 11.3 Å². The van der Waals surface area contributed by atoms with E-state index in [1.807, 2.05) is 23.1 Å². The lowest BCUT2D eigenvalue weighted by atomic mass is 10.1. The Bertz CT molecular complexity index is 1030. The zero-order chi connectivity index (χ0) is 20.3. The van der Waals surface area contributed by atoms with Crippen molar-refractivity contribution in [3.63, 3.8) is 0 Å². The third kappa shape index (κ3) is 3.93. The van der Waals surface area contributed by atoms with Crippen molar-refractivity contribution < 1.29 is 9.13 Å². The summed E-state index contributed by atoms with van der Waals surface area (Å²) in [5.74, 6) is 0.448. The van der Waals surface area contributed by atoms with Crippen LogP contribution in [0.25, 0.3) is 22.3 Å². The quantitative estimate of drug-likeness (QED) is 0.688. The molecule has 2 aliphatic rings. The van der Waals surface area contributed by atoms with Crippen LogP contribution in [-0.2, 0) is 4.74 Å². The third-order valence-electron chi connectivity index (χ3n) is 5.69. The van der Waals surface area contributed by atoms with E-state index in [0.717, 1.165) is 42.5 Å². The summed E-state index contributed by atoms with van der Waals surface area (Å²) in [5, 5.41) is 6.92. The van der Waals surface area contributed by atoms with Crippen LogP contribution in [0, 0.1) is 5.82 Å². The van der Waals surface area contributed by atoms with E-state index >= 15 is 0 Å². The number of ether oxygens (including phenoxy) is 1. The van der Waals surface area contributed by atoms with Crippen LogP contribution >= 0.6 is 0 Å². The first kappa shape index (κ1) is 19.1. The van der Waals surface area contributed by atoms with Crippen molar-refractivity contribution in [1.82, 2.24) is 20.3 Å². The maximum absolute atomic E-state index is 14.9. The van der Waals surface area contributed by atoms with Crippen LogP contribution in [0.15, 0.2) is 36.7 Å². The first-order valence-corrected chi connectivity index (χ1v) is 10.5. The predicted molar refractivity (Wildman–Crippen MR) is 115 cm³/mol. The molecule has 156 valence electrons. The van der Waals surface area contributed by atoms with Gasteiger partial charge in [-0.2, -0.15) is 0 Å². The van der Waals surface area contributed by atoms with E-state index in [1.54, 1.807) is 18.5 Å². The fourth-order valence-corrected chi connectivity index (χ4v) is 4.12. The SMILES string of the molecule is Fc1cc(-c2cc3nccnc3c(N[C@H]3CCCNC3)n2)ccc1N1CCOCC1. The van der Waals surface area contributed by atoms with E-state index in [9.17, 15) is 4.39 Å². The number of aromatic nitrogens is 3. The number of benzene rings is 1. The van der Waals surface area contributed by atoms with Gasteiger partial charge in [0, 0.05) is 43.6 Å². The van der Waals surface area contributed by atoms with E-state index in [0.29, 0.717) is 43.5 Å². The molecule has 0 aliphatic carbocycles. The molecule has 3 aromatic rings. The molecule has 4 heterocycles. The molecule has 2 aliphatic heterocycles. The van der Waals surface area contributed by atoms with Gasteiger partial charge in [0.1, 0.15) is 11.3 Å². The smallest absolute Gasteiger partial charge is 0.155 e. The Morgan fingerprint density at radius 3 is 2.80 bits per heavy atom. The van der Waals surface area contributed by atoms with Gasteiger partial charge in [0.15, 0.2) is 5.82 Å². The molecule has 0 bridgehead atoms. The van der Waals surface area contributed by atoms with Gasteiger partial charge in [-0.05, 0) is 37.6 Å². The second kappa shape index (κ2) is 8.49. The summed E-state index contributed by atoms with van der Waals surface area (Å²) in [6.45, 7) is 4.57. The predicted octanol–water partition coefficient (Wildman–Crippen LogP) is 2.83. The van der Waals surface area contributed by atoms with Gasteiger partial charge in [0.05, 0.1) is 30.1 Å². The lowest BCUT2D eigenvalue weighted by molar-refractivity contribution is 0.122. The number of piperidine rings is 1. The molecule has 30 heavy (non-hydrogen) atoms. The topological polar surface area (TPSA) is 75.2 Å². The molecule has 0 amide bonds. The Morgan fingerprint density at radius 2 is 2.00 bits per heavy atom. The molecule has 8 heteroatoms. The van der Waals surface area contributed by atoms with Gasteiger partial charge in [-0.15, -0.1) is 0 Å². The van der Waals surface area contributed by atoms with Crippen molar-refractivity contribution in [2.45, 2.75) is 18.9 Å². The summed E-state index contributed by atoms with van der Waals surface area (Å²) in [6.07, 6.45) is 5.53. The molecular weight excluding hydrogens is 383 g/mol. The van der Waals surface area contributed by atoms with E-state index in [1.165, 1.54) is 0 Å². The molecule has 0 saturated carbocycles. The van der Waals surface area contributed by atoms with Crippen molar-refractivity contribution in [1.29, 1.82) is 0 Å². The standard InChI is InChI=1S/C22H25FN6O/c23-17-12-15(3-4-20(17)29-8-10-30-11-9-29)18-13-19-21(26-7-6-25-19)22(28-18)27-16-2-1-5-24-14-16/h3-4,6-7,12-13,16,24H,1-2,5,8-11,14H2,(H,27,28)/t16-/m0/s1. The summed E-state index contributed by atoms with van der Waals surface area (Å²) in [7, 11) is 0. The monoisotopic (exact) mass is 408 g/mol. The number of nitrogens with zero attached hydrogens (tertiary/aromatic N) is 4. The van der Waals surface area contributed by atoms with Gasteiger partial charge in [0.25, 0.3) is 0 Å². The highest BCUT2D eigenvalue weighted by Gasteiger charge is 2.19. The Hall–Kier alpha value is -2.84. The highest BCUT2D eigenvalue weighted by atomic mass is 19.1. The average molecular weight is 408 g/mol. The van der Waals surface area contributed by atoms with Crippen LogP contribution in [0.3, 0.4) is 0 Å². The molecule has 2 saturated heterocycles.